The van der Waals surface area contributed by atoms with Crippen molar-refractivity contribution in [3.8, 4) is 67.5 Å². The number of rotatable bonds is 6. The van der Waals surface area contributed by atoms with E-state index in [1.807, 2.05) is 48.5 Å². The summed E-state index contributed by atoms with van der Waals surface area (Å²) in [6.45, 7) is 0. The molecular formula is C58H38Cl2O2Zr. The molecule has 0 aliphatic rings. The van der Waals surface area contributed by atoms with Crippen LogP contribution in [0.25, 0.3) is 111 Å². The number of furan rings is 2. The van der Waals surface area contributed by atoms with Gasteiger partial charge in [-0.25, -0.2) is 0 Å². The van der Waals surface area contributed by atoms with Gasteiger partial charge in [-0.3, -0.25) is 0 Å². The van der Waals surface area contributed by atoms with Crippen LogP contribution >= 0.6 is 0 Å². The Bertz CT molecular complexity index is 3210. The zero-order valence-corrected chi connectivity index (χ0v) is 38.0. The Kier molecular flexibility index (Phi) is 12.9. The number of benzene rings is 8. The Labute approximate surface area is 398 Å². The maximum Gasteiger partial charge on any atom is 4.00 e. The molecule has 2 nitrogen and oxygen atoms in total. The molecule has 0 fully saturated rings. The molecule has 0 spiro atoms. The normalized spacial score (nSPS) is 10.8. The van der Waals surface area contributed by atoms with Crippen molar-refractivity contribution in [1.29, 1.82) is 0 Å². The van der Waals surface area contributed by atoms with Gasteiger partial charge in [0, 0.05) is 11.1 Å². The molecule has 63 heavy (non-hydrogen) atoms. The van der Waals surface area contributed by atoms with E-state index < -0.39 is 0 Å². The summed E-state index contributed by atoms with van der Waals surface area (Å²) in [5.74, 6) is 3.58. The second-order valence-corrected chi connectivity index (χ2v) is 15.3. The minimum absolute atomic E-state index is 0. The van der Waals surface area contributed by atoms with E-state index in [9.17, 15) is 0 Å². The van der Waals surface area contributed by atoms with Crippen molar-refractivity contribution in [2.45, 2.75) is 0 Å². The van der Waals surface area contributed by atoms with E-state index in [0.29, 0.717) is 0 Å². The van der Waals surface area contributed by atoms with Crippen LogP contribution in [0, 0.1) is 0 Å². The van der Waals surface area contributed by atoms with Gasteiger partial charge in [-0.1, -0.05) is 180 Å². The molecule has 5 heteroatoms. The minimum Gasteiger partial charge on any atom is -1.00 e. The molecule has 0 unspecified atom stereocenters. The van der Waals surface area contributed by atoms with Crippen molar-refractivity contribution in [2.75, 3.05) is 0 Å². The minimum atomic E-state index is 0. The fourth-order valence-electron chi connectivity index (χ4n) is 8.47. The summed E-state index contributed by atoms with van der Waals surface area (Å²) >= 11 is 0. The monoisotopic (exact) mass is 926 g/mol. The van der Waals surface area contributed by atoms with Gasteiger partial charge >= 0.3 is 26.2 Å². The number of hydrogen-bond donors (Lipinski definition) is 0. The second-order valence-electron chi connectivity index (χ2n) is 15.3. The third kappa shape index (κ3) is 8.66. The van der Waals surface area contributed by atoms with Crippen LogP contribution in [-0.4, -0.2) is 0 Å². The van der Waals surface area contributed by atoms with Crippen LogP contribution in [0.3, 0.4) is 0 Å². The molecule has 0 aliphatic carbocycles. The molecule has 0 amide bonds. The van der Waals surface area contributed by atoms with E-state index in [1.165, 1.54) is 65.3 Å². The molecule has 0 bridgehead atoms. The zero-order valence-electron chi connectivity index (χ0n) is 34.0. The summed E-state index contributed by atoms with van der Waals surface area (Å²) in [6, 6.07) is 81.0. The van der Waals surface area contributed by atoms with Crippen LogP contribution in [0.15, 0.2) is 239 Å². The topological polar surface area (TPSA) is 26.3 Å². The van der Waals surface area contributed by atoms with Gasteiger partial charge in [-0.2, -0.15) is 0 Å². The van der Waals surface area contributed by atoms with Crippen LogP contribution < -0.4 is 24.8 Å². The van der Waals surface area contributed by atoms with Gasteiger partial charge in [0.2, 0.25) is 0 Å². The summed E-state index contributed by atoms with van der Waals surface area (Å²) in [7, 11) is 0. The molecule has 0 aliphatic heterocycles. The average molecular weight is 929 g/mol. The van der Waals surface area contributed by atoms with E-state index in [2.05, 4.69) is 182 Å². The Hall–Kier alpha value is -6.48. The molecule has 2 aromatic heterocycles. The standard InChI is InChI=1S/2C29H19O.2ClH.Zr/c2*1-2-8-21(9-3-1)28-15-16-29(30-28)25-18-23-11-6-12-26(27(23)19-25)24-14-13-20-7-4-5-10-22(20)17-24;;;/h2*1-19H;2*1H;/q2*-1;;;+4/p-2. The Morgan fingerprint density at radius 3 is 1.10 bits per heavy atom. The second kappa shape index (κ2) is 18.9. The van der Waals surface area contributed by atoms with E-state index in [4.69, 9.17) is 8.83 Å². The smallest absolute Gasteiger partial charge is 1.00 e. The van der Waals surface area contributed by atoms with Gasteiger partial charge in [-0.05, 0) is 69.1 Å². The van der Waals surface area contributed by atoms with E-state index in [1.54, 1.807) is 0 Å². The van der Waals surface area contributed by atoms with Gasteiger partial charge in [0.1, 0.15) is 11.5 Å². The van der Waals surface area contributed by atoms with Crippen molar-refractivity contribution >= 4 is 43.1 Å². The van der Waals surface area contributed by atoms with Crippen molar-refractivity contribution in [2.24, 2.45) is 0 Å². The first kappa shape index (κ1) is 43.2. The largest absolute Gasteiger partial charge is 4.00 e. The summed E-state index contributed by atoms with van der Waals surface area (Å²) < 4.78 is 12.4. The Morgan fingerprint density at radius 2 is 0.667 bits per heavy atom. The van der Waals surface area contributed by atoms with Crippen molar-refractivity contribution in [3.63, 3.8) is 0 Å². The van der Waals surface area contributed by atoms with Crippen molar-refractivity contribution in [1.82, 2.24) is 0 Å². The molecule has 2 heterocycles. The van der Waals surface area contributed by atoms with Crippen molar-refractivity contribution < 1.29 is 59.9 Å². The molecule has 0 saturated heterocycles. The molecule has 0 atom stereocenters. The van der Waals surface area contributed by atoms with Gasteiger partial charge in [0.05, 0.1) is 11.5 Å². The zero-order chi connectivity index (χ0) is 39.8. The molecule has 12 rings (SSSR count). The number of hydrogen-bond acceptors (Lipinski definition) is 2. The molecule has 0 N–H and O–H groups in total. The number of fused-ring (bicyclic) bond motifs is 4. The molecule has 0 radical (unpaired) electrons. The van der Waals surface area contributed by atoms with Gasteiger partial charge in [-0.15, -0.1) is 57.9 Å². The molecule has 12 aromatic rings. The third-order valence-corrected chi connectivity index (χ3v) is 11.5. The predicted molar refractivity (Wildman–Crippen MR) is 251 cm³/mol. The summed E-state index contributed by atoms with van der Waals surface area (Å²) in [5, 5.41) is 10.0. The number of halogens is 2. The maximum atomic E-state index is 6.19. The van der Waals surface area contributed by atoms with E-state index in [-0.39, 0.29) is 51.0 Å². The van der Waals surface area contributed by atoms with Crippen LogP contribution in [0.2, 0.25) is 0 Å². The first-order valence-corrected chi connectivity index (χ1v) is 20.4. The predicted octanol–water partition coefficient (Wildman–Crippen LogP) is 10.6. The van der Waals surface area contributed by atoms with E-state index >= 15 is 0 Å². The summed E-state index contributed by atoms with van der Waals surface area (Å²) in [6.07, 6.45) is 0. The SMILES string of the molecule is [Cl-].[Cl-].[Zr+4].c1ccc(-c2ccc(-c3cc4c(-c5ccc6ccccc6c5)cccc4[cH-]3)o2)cc1.c1ccc(-c2ccc(-c3cc4c(-c5ccc6ccccc6c5)cccc4[cH-]3)o2)cc1. The third-order valence-electron chi connectivity index (χ3n) is 11.5. The molecule has 10 aromatic carbocycles. The van der Waals surface area contributed by atoms with Gasteiger partial charge in [0.25, 0.3) is 0 Å². The van der Waals surface area contributed by atoms with Crippen LogP contribution in [0.4, 0.5) is 0 Å². The first-order valence-electron chi connectivity index (χ1n) is 20.4. The molecule has 300 valence electrons. The van der Waals surface area contributed by atoms with Crippen molar-refractivity contribution in [3.05, 3.63) is 231 Å². The average Bonchev–Trinajstić information content (AvgIpc) is 4.16. The van der Waals surface area contributed by atoms with E-state index in [0.717, 1.165) is 45.3 Å². The van der Waals surface area contributed by atoms with Gasteiger partial charge in [0.15, 0.2) is 0 Å². The summed E-state index contributed by atoms with van der Waals surface area (Å²) in [5.41, 5.74) is 9.38. The van der Waals surface area contributed by atoms with Crippen LogP contribution in [-0.2, 0) is 26.2 Å². The fraction of sp³-hybridized carbons (Fsp3) is 0. The van der Waals surface area contributed by atoms with Crippen LogP contribution in [0.1, 0.15) is 0 Å². The molecular weight excluding hydrogens is 891 g/mol. The van der Waals surface area contributed by atoms with Crippen LogP contribution in [0.5, 0.6) is 0 Å². The fourth-order valence-corrected chi connectivity index (χ4v) is 8.47. The Morgan fingerprint density at radius 1 is 0.286 bits per heavy atom. The Balaban J connectivity index is 0.000000165. The quantitative estimate of drug-likeness (QED) is 0.155. The first-order chi connectivity index (χ1) is 29.7. The van der Waals surface area contributed by atoms with Gasteiger partial charge < -0.3 is 33.6 Å². The summed E-state index contributed by atoms with van der Waals surface area (Å²) in [4.78, 5) is 0. The molecule has 0 saturated carbocycles. The maximum absolute atomic E-state index is 6.19.